The minimum absolute atomic E-state index is 0.0249. The van der Waals surface area contributed by atoms with Gasteiger partial charge in [-0.25, -0.2) is 0 Å². The number of methoxy groups -OCH3 is 1. The van der Waals surface area contributed by atoms with Crippen molar-refractivity contribution in [3.05, 3.63) is 0 Å². The zero-order valence-corrected chi connectivity index (χ0v) is 12.0. The molecular formula is C13H23N3O4. The molecule has 2 aliphatic rings. The monoisotopic (exact) mass is 285 g/mol. The van der Waals surface area contributed by atoms with Crippen molar-refractivity contribution in [3.63, 3.8) is 0 Å². The molecule has 2 aliphatic heterocycles. The predicted octanol–water partition coefficient (Wildman–Crippen LogP) is -1.19. The molecule has 0 aromatic heterocycles. The molecule has 0 aromatic carbocycles. The molecule has 2 amide bonds. The van der Waals surface area contributed by atoms with Gasteiger partial charge in [-0.15, -0.1) is 0 Å². The summed E-state index contributed by atoms with van der Waals surface area (Å²) in [5.74, 6) is -0.386. The van der Waals surface area contributed by atoms with Crippen molar-refractivity contribution in [1.82, 2.24) is 9.80 Å². The first-order valence-electron chi connectivity index (χ1n) is 6.99. The van der Waals surface area contributed by atoms with Gasteiger partial charge in [0.1, 0.15) is 5.54 Å². The number of ether oxygens (including phenoxy) is 2. The van der Waals surface area contributed by atoms with Crippen LogP contribution in [0.2, 0.25) is 0 Å². The number of hydrogen-bond acceptors (Lipinski definition) is 5. The highest BCUT2D eigenvalue weighted by molar-refractivity contribution is 5.87. The number of carbonyl (C=O) groups excluding carboxylic acids is 2. The number of hydrogen-bond donors (Lipinski definition) is 1. The van der Waals surface area contributed by atoms with Gasteiger partial charge in [-0.2, -0.15) is 0 Å². The highest BCUT2D eigenvalue weighted by Gasteiger charge is 2.47. The summed E-state index contributed by atoms with van der Waals surface area (Å²) in [5.41, 5.74) is 4.72. The molecule has 0 bridgehead atoms. The smallest absolute Gasteiger partial charge is 0.240 e. The molecule has 2 heterocycles. The Hall–Kier alpha value is -1.18. The van der Waals surface area contributed by atoms with Gasteiger partial charge in [0, 0.05) is 20.2 Å². The Morgan fingerprint density at radius 2 is 2.00 bits per heavy atom. The maximum Gasteiger partial charge on any atom is 0.240 e. The summed E-state index contributed by atoms with van der Waals surface area (Å²) < 4.78 is 10.4. The van der Waals surface area contributed by atoms with Gasteiger partial charge >= 0.3 is 0 Å². The Bertz CT molecular complexity index is 371. The van der Waals surface area contributed by atoms with E-state index in [0.717, 1.165) is 6.42 Å². The van der Waals surface area contributed by atoms with E-state index in [1.54, 1.807) is 12.0 Å². The maximum absolute atomic E-state index is 12.3. The van der Waals surface area contributed by atoms with E-state index >= 15 is 0 Å². The van der Waals surface area contributed by atoms with Crippen molar-refractivity contribution < 1.29 is 19.1 Å². The topological polar surface area (TPSA) is 85.1 Å². The van der Waals surface area contributed by atoms with Crippen LogP contribution in [0.25, 0.3) is 0 Å². The van der Waals surface area contributed by atoms with E-state index in [1.807, 2.05) is 4.90 Å². The minimum Gasteiger partial charge on any atom is -0.382 e. The van der Waals surface area contributed by atoms with Crippen LogP contribution in [0.1, 0.15) is 12.8 Å². The third-order valence-electron chi connectivity index (χ3n) is 4.16. The first-order valence-corrected chi connectivity index (χ1v) is 6.99. The Labute approximate surface area is 119 Å². The van der Waals surface area contributed by atoms with Crippen LogP contribution in [0.3, 0.4) is 0 Å². The predicted molar refractivity (Wildman–Crippen MR) is 72.0 cm³/mol. The van der Waals surface area contributed by atoms with Gasteiger partial charge in [-0.1, -0.05) is 0 Å². The van der Waals surface area contributed by atoms with E-state index < -0.39 is 11.4 Å². The number of amides is 2. The van der Waals surface area contributed by atoms with Gasteiger partial charge in [0.15, 0.2) is 0 Å². The molecule has 2 N–H and O–H groups in total. The molecule has 1 unspecified atom stereocenters. The van der Waals surface area contributed by atoms with Gasteiger partial charge in [-0.05, 0) is 19.4 Å². The molecule has 7 nitrogen and oxygen atoms in total. The molecule has 20 heavy (non-hydrogen) atoms. The van der Waals surface area contributed by atoms with Crippen molar-refractivity contribution in [2.75, 3.05) is 53.1 Å². The van der Waals surface area contributed by atoms with Gasteiger partial charge < -0.3 is 20.1 Å². The van der Waals surface area contributed by atoms with Crippen LogP contribution in [0.4, 0.5) is 0 Å². The normalized spacial score (nSPS) is 27.8. The molecule has 0 saturated carbocycles. The molecule has 2 fully saturated rings. The zero-order chi connectivity index (χ0) is 14.6. The maximum atomic E-state index is 12.3. The third-order valence-corrected chi connectivity index (χ3v) is 4.16. The average Bonchev–Trinajstić information content (AvgIpc) is 2.84. The number of primary amides is 1. The molecule has 0 aromatic rings. The Balaban J connectivity index is 2.02. The average molecular weight is 285 g/mol. The van der Waals surface area contributed by atoms with E-state index in [9.17, 15) is 9.59 Å². The van der Waals surface area contributed by atoms with Crippen molar-refractivity contribution in [2.45, 2.75) is 18.4 Å². The lowest BCUT2D eigenvalue weighted by molar-refractivity contribution is -0.141. The number of rotatable bonds is 5. The lowest BCUT2D eigenvalue weighted by Crippen LogP contribution is -2.59. The Morgan fingerprint density at radius 1 is 1.30 bits per heavy atom. The van der Waals surface area contributed by atoms with Gasteiger partial charge in [0.25, 0.3) is 0 Å². The van der Waals surface area contributed by atoms with Crippen LogP contribution in [0.15, 0.2) is 0 Å². The lowest BCUT2D eigenvalue weighted by atomic mass is 9.96. The van der Waals surface area contributed by atoms with E-state index in [2.05, 4.69) is 0 Å². The summed E-state index contributed by atoms with van der Waals surface area (Å²) in [5, 5.41) is 0. The van der Waals surface area contributed by atoms with Crippen LogP contribution in [0.5, 0.6) is 0 Å². The molecule has 0 spiro atoms. The zero-order valence-electron chi connectivity index (χ0n) is 12.0. The van der Waals surface area contributed by atoms with Crippen molar-refractivity contribution >= 4 is 11.8 Å². The largest absolute Gasteiger partial charge is 0.382 e. The van der Waals surface area contributed by atoms with Crippen LogP contribution in [0, 0.1) is 0 Å². The number of likely N-dealkylation sites (tertiary alicyclic amines) is 1. The SMILES string of the molecule is COCC1(C(N)=O)CCCN1CC(=O)N1CCOCC1. The summed E-state index contributed by atoms with van der Waals surface area (Å²) in [6.07, 6.45) is 1.50. The summed E-state index contributed by atoms with van der Waals surface area (Å²) >= 11 is 0. The van der Waals surface area contributed by atoms with Crippen LogP contribution >= 0.6 is 0 Å². The fourth-order valence-corrected chi connectivity index (χ4v) is 2.99. The molecule has 7 heteroatoms. The molecule has 0 aliphatic carbocycles. The van der Waals surface area contributed by atoms with Gasteiger partial charge in [-0.3, -0.25) is 14.5 Å². The lowest BCUT2D eigenvalue weighted by Gasteiger charge is -2.36. The second-order valence-electron chi connectivity index (χ2n) is 5.35. The second kappa shape index (κ2) is 6.51. The number of carbonyl (C=O) groups is 2. The van der Waals surface area contributed by atoms with Crippen molar-refractivity contribution in [1.29, 1.82) is 0 Å². The highest BCUT2D eigenvalue weighted by Crippen LogP contribution is 2.29. The van der Waals surface area contributed by atoms with Crippen LogP contribution in [-0.4, -0.2) is 80.3 Å². The van der Waals surface area contributed by atoms with Crippen molar-refractivity contribution in [2.24, 2.45) is 5.73 Å². The number of morpholine rings is 1. The van der Waals surface area contributed by atoms with E-state index in [1.165, 1.54) is 0 Å². The summed E-state index contributed by atoms with van der Waals surface area (Å²) in [4.78, 5) is 27.8. The Morgan fingerprint density at radius 3 is 2.60 bits per heavy atom. The van der Waals surface area contributed by atoms with Gasteiger partial charge in [0.05, 0.1) is 26.4 Å². The van der Waals surface area contributed by atoms with Crippen LogP contribution < -0.4 is 5.73 Å². The molecule has 114 valence electrons. The van der Waals surface area contributed by atoms with E-state index in [4.69, 9.17) is 15.2 Å². The fourth-order valence-electron chi connectivity index (χ4n) is 2.99. The summed E-state index contributed by atoms with van der Waals surface area (Å²) in [6.45, 7) is 3.52. The highest BCUT2D eigenvalue weighted by atomic mass is 16.5. The molecule has 1 atom stereocenters. The summed E-state index contributed by atoms with van der Waals surface area (Å²) in [6, 6.07) is 0. The van der Waals surface area contributed by atoms with E-state index in [-0.39, 0.29) is 19.1 Å². The quantitative estimate of drug-likeness (QED) is 0.686. The summed E-state index contributed by atoms with van der Waals surface area (Å²) in [7, 11) is 1.55. The second-order valence-corrected chi connectivity index (χ2v) is 5.35. The number of nitrogens with two attached hydrogens (primary N) is 1. The van der Waals surface area contributed by atoms with Gasteiger partial charge in [0.2, 0.25) is 11.8 Å². The first-order chi connectivity index (χ1) is 9.60. The minimum atomic E-state index is -0.837. The van der Waals surface area contributed by atoms with E-state index in [0.29, 0.717) is 39.3 Å². The molecule has 2 saturated heterocycles. The molecular weight excluding hydrogens is 262 g/mol. The molecule has 2 rings (SSSR count). The molecule has 0 radical (unpaired) electrons. The fraction of sp³-hybridized carbons (Fsp3) is 0.846. The first kappa shape index (κ1) is 15.2. The number of nitrogens with zero attached hydrogens (tertiary/aromatic N) is 2. The van der Waals surface area contributed by atoms with Crippen molar-refractivity contribution in [3.8, 4) is 0 Å². The standard InChI is InChI=1S/C13H23N3O4/c1-19-10-13(12(14)18)3-2-4-16(13)9-11(17)15-5-7-20-8-6-15/h2-10H2,1H3,(H2,14,18). The van der Waals surface area contributed by atoms with Crippen LogP contribution in [-0.2, 0) is 19.1 Å². The third kappa shape index (κ3) is 2.94. The Kier molecular flexibility index (Phi) is 4.95.